The molecule has 0 radical (unpaired) electrons. The van der Waals surface area contributed by atoms with Crippen molar-refractivity contribution in [2.75, 3.05) is 13.1 Å². The van der Waals surface area contributed by atoms with Crippen LogP contribution in [0.3, 0.4) is 0 Å². The summed E-state index contributed by atoms with van der Waals surface area (Å²) < 4.78 is 0. The van der Waals surface area contributed by atoms with Gasteiger partial charge in [0.2, 0.25) is 5.91 Å². The van der Waals surface area contributed by atoms with Crippen LogP contribution in [0.1, 0.15) is 42.6 Å². The van der Waals surface area contributed by atoms with E-state index in [-0.39, 0.29) is 11.8 Å². The lowest BCUT2D eigenvalue weighted by Crippen LogP contribution is -2.27. The second kappa shape index (κ2) is 6.55. The summed E-state index contributed by atoms with van der Waals surface area (Å²) in [5.74, 6) is 0.630. The first-order chi connectivity index (χ1) is 9.56. The number of benzene rings is 1. The summed E-state index contributed by atoms with van der Waals surface area (Å²) in [4.78, 5) is 25.3. The van der Waals surface area contributed by atoms with Crippen LogP contribution < -0.4 is 5.32 Å². The lowest BCUT2D eigenvalue weighted by Gasteiger charge is -2.15. The van der Waals surface area contributed by atoms with E-state index in [1.807, 2.05) is 29.2 Å². The maximum absolute atomic E-state index is 11.9. The Balaban J connectivity index is 1.92. The molecule has 1 N–H and O–H groups in total. The fourth-order valence-electron chi connectivity index (χ4n) is 2.25. The van der Waals surface area contributed by atoms with Crippen molar-refractivity contribution in [1.29, 1.82) is 0 Å². The van der Waals surface area contributed by atoms with Crippen LogP contribution in [0.4, 0.5) is 0 Å². The second-order valence-corrected chi connectivity index (χ2v) is 5.72. The highest BCUT2D eigenvalue weighted by molar-refractivity contribution is 5.94. The van der Waals surface area contributed by atoms with Crippen molar-refractivity contribution in [1.82, 2.24) is 10.2 Å². The van der Waals surface area contributed by atoms with Crippen LogP contribution in [-0.2, 0) is 11.3 Å². The Labute approximate surface area is 120 Å². The number of carbonyl (C=O) groups excluding carboxylic acids is 2. The fraction of sp³-hybridized carbons (Fsp3) is 0.500. The van der Waals surface area contributed by atoms with Crippen molar-refractivity contribution in [3.05, 3.63) is 35.4 Å². The number of nitrogens with zero attached hydrogens (tertiary/aromatic N) is 1. The SMILES string of the molecule is CC(C)CNC(=O)c1ccc(CN2CCCC2=O)cc1. The van der Waals surface area contributed by atoms with E-state index in [0.717, 1.165) is 18.5 Å². The standard InChI is InChI=1S/C16H22N2O2/c1-12(2)10-17-16(20)14-7-5-13(6-8-14)11-18-9-3-4-15(18)19/h5-8,12H,3-4,9-11H2,1-2H3,(H,17,20). The zero-order valence-electron chi connectivity index (χ0n) is 12.2. The highest BCUT2D eigenvalue weighted by atomic mass is 16.2. The lowest BCUT2D eigenvalue weighted by atomic mass is 10.1. The molecule has 1 aromatic carbocycles. The van der Waals surface area contributed by atoms with Crippen molar-refractivity contribution < 1.29 is 9.59 Å². The molecule has 0 spiro atoms. The Hall–Kier alpha value is -1.84. The number of nitrogens with one attached hydrogen (secondary N) is 1. The molecule has 1 heterocycles. The van der Waals surface area contributed by atoms with Crippen molar-refractivity contribution in [2.45, 2.75) is 33.2 Å². The third-order valence-corrected chi connectivity index (χ3v) is 3.43. The van der Waals surface area contributed by atoms with Crippen LogP contribution in [0, 0.1) is 5.92 Å². The van der Waals surface area contributed by atoms with Gasteiger partial charge < -0.3 is 10.2 Å². The van der Waals surface area contributed by atoms with Gasteiger partial charge in [-0.25, -0.2) is 0 Å². The zero-order valence-corrected chi connectivity index (χ0v) is 12.2. The Morgan fingerprint density at radius 1 is 1.30 bits per heavy atom. The quantitative estimate of drug-likeness (QED) is 0.895. The molecule has 2 rings (SSSR count). The van der Waals surface area contributed by atoms with Crippen molar-refractivity contribution in [2.24, 2.45) is 5.92 Å². The molecule has 4 nitrogen and oxygen atoms in total. The van der Waals surface area contributed by atoms with Crippen LogP contribution >= 0.6 is 0 Å². The smallest absolute Gasteiger partial charge is 0.251 e. The predicted molar refractivity (Wildman–Crippen MR) is 78.3 cm³/mol. The van der Waals surface area contributed by atoms with Crippen LogP contribution in [0.15, 0.2) is 24.3 Å². The van der Waals surface area contributed by atoms with Gasteiger partial charge in [-0.1, -0.05) is 26.0 Å². The third-order valence-electron chi connectivity index (χ3n) is 3.43. The number of hydrogen-bond donors (Lipinski definition) is 1. The molecule has 2 amide bonds. The summed E-state index contributed by atoms with van der Waals surface area (Å²) in [6.07, 6.45) is 1.62. The van der Waals surface area contributed by atoms with Crippen molar-refractivity contribution in [3.8, 4) is 0 Å². The minimum atomic E-state index is -0.0394. The lowest BCUT2D eigenvalue weighted by molar-refractivity contribution is -0.128. The molecule has 1 aliphatic rings. The largest absolute Gasteiger partial charge is 0.352 e. The molecule has 1 saturated heterocycles. The highest BCUT2D eigenvalue weighted by Gasteiger charge is 2.19. The average molecular weight is 274 g/mol. The number of amides is 2. The van der Waals surface area contributed by atoms with E-state index in [2.05, 4.69) is 19.2 Å². The van der Waals surface area contributed by atoms with Gasteiger partial charge in [-0.15, -0.1) is 0 Å². The summed E-state index contributed by atoms with van der Waals surface area (Å²) in [6, 6.07) is 7.50. The maximum Gasteiger partial charge on any atom is 0.251 e. The van der Waals surface area contributed by atoms with Crippen LogP contribution in [0.2, 0.25) is 0 Å². The Kier molecular flexibility index (Phi) is 4.77. The molecule has 1 aromatic rings. The topological polar surface area (TPSA) is 49.4 Å². The number of rotatable bonds is 5. The van der Waals surface area contributed by atoms with Crippen molar-refractivity contribution in [3.63, 3.8) is 0 Å². The number of likely N-dealkylation sites (tertiary alicyclic amines) is 1. The molecule has 0 atom stereocenters. The molecule has 4 heteroatoms. The van der Waals surface area contributed by atoms with E-state index in [9.17, 15) is 9.59 Å². The minimum absolute atomic E-state index is 0.0394. The first kappa shape index (κ1) is 14.6. The molecule has 0 aromatic heterocycles. The van der Waals surface area contributed by atoms with Gasteiger partial charge in [0.25, 0.3) is 5.91 Å². The molecule has 0 aliphatic carbocycles. The summed E-state index contributed by atoms with van der Waals surface area (Å²) in [7, 11) is 0. The van der Waals surface area contributed by atoms with E-state index in [1.165, 1.54) is 0 Å². The van der Waals surface area contributed by atoms with Gasteiger partial charge >= 0.3 is 0 Å². The first-order valence-electron chi connectivity index (χ1n) is 7.21. The van der Waals surface area contributed by atoms with Gasteiger partial charge in [0.05, 0.1) is 0 Å². The number of carbonyl (C=O) groups is 2. The maximum atomic E-state index is 11.9. The highest BCUT2D eigenvalue weighted by Crippen LogP contribution is 2.14. The van der Waals surface area contributed by atoms with E-state index in [1.54, 1.807) is 0 Å². The summed E-state index contributed by atoms with van der Waals surface area (Å²) >= 11 is 0. The molecule has 1 fully saturated rings. The second-order valence-electron chi connectivity index (χ2n) is 5.72. The van der Waals surface area contributed by atoms with E-state index in [4.69, 9.17) is 0 Å². The normalized spacial score (nSPS) is 14.9. The molecule has 0 saturated carbocycles. The van der Waals surface area contributed by atoms with Crippen LogP contribution in [0.5, 0.6) is 0 Å². The summed E-state index contributed by atoms with van der Waals surface area (Å²) in [5, 5.41) is 2.89. The number of hydrogen-bond acceptors (Lipinski definition) is 2. The molecule has 108 valence electrons. The third kappa shape index (κ3) is 3.83. The molecule has 1 aliphatic heterocycles. The monoisotopic (exact) mass is 274 g/mol. The van der Waals surface area contributed by atoms with Gasteiger partial charge in [0.15, 0.2) is 0 Å². The predicted octanol–water partition coefficient (Wildman–Crippen LogP) is 2.19. The summed E-state index contributed by atoms with van der Waals surface area (Å²) in [5.41, 5.74) is 1.74. The van der Waals surface area contributed by atoms with E-state index < -0.39 is 0 Å². The van der Waals surface area contributed by atoms with E-state index >= 15 is 0 Å². The fourth-order valence-corrected chi connectivity index (χ4v) is 2.25. The molecular weight excluding hydrogens is 252 g/mol. The van der Waals surface area contributed by atoms with E-state index in [0.29, 0.717) is 31.0 Å². The van der Waals surface area contributed by atoms with Crippen molar-refractivity contribution >= 4 is 11.8 Å². The minimum Gasteiger partial charge on any atom is -0.352 e. The first-order valence-corrected chi connectivity index (χ1v) is 7.21. The van der Waals surface area contributed by atoms with Gasteiger partial charge in [0, 0.05) is 31.6 Å². The van der Waals surface area contributed by atoms with Crippen LogP contribution in [-0.4, -0.2) is 29.8 Å². The zero-order chi connectivity index (χ0) is 14.5. The van der Waals surface area contributed by atoms with Gasteiger partial charge in [-0.3, -0.25) is 9.59 Å². The Morgan fingerprint density at radius 2 is 2.00 bits per heavy atom. The molecular formula is C16H22N2O2. The Bertz CT molecular complexity index is 480. The van der Waals surface area contributed by atoms with Gasteiger partial charge in [0.1, 0.15) is 0 Å². The summed E-state index contributed by atoms with van der Waals surface area (Å²) in [6.45, 7) is 6.30. The molecule has 0 unspecified atom stereocenters. The Morgan fingerprint density at radius 3 is 2.55 bits per heavy atom. The van der Waals surface area contributed by atoms with Gasteiger partial charge in [-0.05, 0) is 30.0 Å². The van der Waals surface area contributed by atoms with Gasteiger partial charge in [-0.2, -0.15) is 0 Å². The molecule has 20 heavy (non-hydrogen) atoms. The molecule has 0 bridgehead atoms. The average Bonchev–Trinajstić information content (AvgIpc) is 2.82. The van der Waals surface area contributed by atoms with Crippen LogP contribution in [0.25, 0.3) is 0 Å².